The molecule has 0 bridgehead atoms. The summed E-state index contributed by atoms with van der Waals surface area (Å²) in [5.74, 6) is -0.422. The quantitative estimate of drug-likeness (QED) is 0.430. The Morgan fingerprint density at radius 3 is 2.89 bits per heavy atom. The highest BCUT2D eigenvalue weighted by molar-refractivity contribution is 7.18. The largest absolute Gasteiger partial charge is 0.345 e. The van der Waals surface area contributed by atoms with E-state index in [9.17, 15) is 14.4 Å². The fourth-order valence-electron chi connectivity index (χ4n) is 3.57. The number of aromatic nitrogens is 4. The molecule has 0 aliphatic heterocycles. The minimum Gasteiger partial charge on any atom is -0.345 e. The second-order valence-electron chi connectivity index (χ2n) is 6.59. The van der Waals surface area contributed by atoms with Crippen LogP contribution in [0.2, 0.25) is 0 Å². The summed E-state index contributed by atoms with van der Waals surface area (Å²) in [7, 11) is 0. The molecule has 4 aromatic rings. The number of aromatic amines is 3. The van der Waals surface area contributed by atoms with E-state index >= 15 is 0 Å². The number of rotatable bonds is 3. The summed E-state index contributed by atoms with van der Waals surface area (Å²) >= 11 is 1.50. The summed E-state index contributed by atoms with van der Waals surface area (Å²) in [6.45, 7) is 0.255. The predicted octanol–water partition coefficient (Wildman–Crippen LogP) is 1.57. The van der Waals surface area contributed by atoms with Gasteiger partial charge in [0.15, 0.2) is 0 Å². The third-order valence-corrected chi connectivity index (χ3v) is 6.01. The van der Waals surface area contributed by atoms with Crippen molar-refractivity contribution < 1.29 is 4.79 Å². The molecule has 1 amide bonds. The molecule has 1 aromatic carbocycles. The Balaban J connectivity index is 1.40. The minimum absolute atomic E-state index is 0.0172. The number of hydrogen-bond acceptors (Lipinski definition) is 5. The lowest BCUT2D eigenvalue weighted by Gasteiger charge is -2.05. The average molecular weight is 381 g/mol. The molecule has 4 N–H and O–H groups in total. The summed E-state index contributed by atoms with van der Waals surface area (Å²) in [5, 5.41) is 3.39. The molecule has 0 fully saturated rings. The number of aryl methyl sites for hydroxylation is 2. The van der Waals surface area contributed by atoms with E-state index in [1.807, 2.05) is 6.07 Å². The highest BCUT2D eigenvalue weighted by Crippen LogP contribution is 2.34. The van der Waals surface area contributed by atoms with E-state index in [0.29, 0.717) is 21.3 Å². The van der Waals surface area contributed by atoms with E-state index in [1.54, 1.807) is 12.1 Å². The zero-order valence-corrected chi connectivity index (χ0v) is 15.0. The van der Waals surface area contributed by atoms with Crippen LogP contribution in [0, 0.1) is 0 Å². The lowest BCUT2D eigenvalue weighted by Crippen LogP contribution is -2.27. The maximum atomic E-state index is 12.5. The van der Waals surface area contributed by atoms with Crippen molar-refractivity contribution in [2.75, 3.05) is 0 Å². The van der Waals surface area contributed by atoms with Gasteiger partial charge in [0.2, 0.25) is 5.82 Å². The van der Waals surface area contributed by atoms with Gasteiger partial charge >= 0.3 is 5.69 Å². The molecular formula is C18H15N5O3S. The standard InChI is InChI=1S/C18H15N5O3S/c24-15-13-9-2-1-3-12(9)27-17(13)23-14(22-15)16(25)19-7-8-4-5-10-11(6-8)21-18(26)20-10/h4-6H,1-3,7H2,(H,19,25)(H2,20,21,26)(H,22,23,24). The van der Waals surface area contributed by atoms with Crippen LogP contribution >= 0.6 is 11.3 Å². The van der Waals surface area contributed by atoms with Gasteiger partial charge in [-0.05, 0) is 42.5 Å². The SMILES string of the molecule is O=C(NCc1ccc2[nH]c(=O)[nH]c2c1)c1nc2sc3c(c2c(=O)[nH]1)CCC3. The Hall–Kier alpha value is -3.20. The summed E-state index contributed by atoms with van der Waals surface area (Å²) in [6.07, 6.45) is 2.94. The molecule has 8 nitrogen and oxygen atoms in total. The topological polar surface area (TPSA) is 124 Å². The van der Waals surface area contributed by atoms with Crippen LogP contribution in [-0.4, -0.2) is 25.8 Å². The number of benzene rings is 1. The third-order valence-electron chi connectivity index (χ3n) is 4.82. The van der Waals surface area contributed by atoms with Crippen molar-refractivity contribution in [3.63, 3.8) is 0 Å². The number of nitrogens with zero attached hydrogens (tertiary/aromatic N) is 1. The van der Waals surface area contributed by atoms with Gasteiger partial charge in [-0.2, -0.15) is 0 Å². The lowest BCUT2D eigenvalue weighted by atomic mass is 10.2. The second kappa shape index (κ2) is 5.92. The molecule has 1 aliphatic carbocycles. The number of hydrogen-bond donors (Lipinski definition) is 4. The predicted molar refractivity (Wildman–Crippen MR) is 102 cm³/mol. The first-order valence-corrected chi connectivity index (χ1v) is 9.44. The van der Waals surface area contributed by atoms with Gasteiger partial charge in [-0.3, -0.25) is 9.59 Å². The van der Waals surface area contributed by atoms with Crippen molar-refractivity contribution in [2.24, 2.45) is 0 Å². The van der Waals surface area contributed by atoms with Gasteiger partial charge in [0.25, 0.3) is 11.5 Å². The van der Waals surface area contributed by atoms with Crippen molar-refractivity contribution in [2.45, 2.75) is 25.8 Å². The van der Waals surface area contributed by atoms with Crippen molar-refractivity contribution in [3.05, 3.63) is 60.9 Å². The van der Waals surface area contributed by atoms with Crippen molar-refractivity contribution >= 4 is 38.5 Å². The molecule has 9 heteroatoms. The summed E-state index contributed by atoms with van der Waals surface area (Å²) in [6, 6.07) is 5.38. The minimum atomic E-state index is -0.440. The molecule has 0 atom stereocenters. The Morgan fingerprint density at radius 1 is 1.15 bits per heavy atom. The molecule has 136 valence electrons. The molecule has 0 saturated heterocycles. The van der Waals surface area contributed by atoms with Gasteiger partial charge < -0.3 is 20.3 Å². The third kappa shape index (κ3) is 2.67. The number of H-pyrrole nitrogens is 3. The van der Waals surface area contributed by atoms with Gasteiger partial charge in [0.05, 0.1) is 16.4 Å². The number of amides is 1. The van der Waals surface area contributed by atoms with Crippen molar-refractivity contribution in [1.82, 2.24) is 25.3 Å². The molecule has 0 spiro atoms. The first-order valence-electron chi connectivity index (χ1n) is 8.62. The van der Waals surface area contributed by atoms with Crippen LogP contribution in [0.15, 0.2) is 27.8 Å². The number of carbonyl (C=O) groups is 1. The van der Waals surface area contributed by atoms with Crippen molar-refractivity contribution in [3.8, 4) is 0 Å². The molecular weight excluding hydrogens is 366 g/mol. The van der Waals surface area contributed by atoms with E-state index in [4.69, 9.17) is 0 Å². The summed E-state index contributed by atoms with van der Waals surface area (Å²) in [4.78, 5) is 50.4. The zero-order valence-electron chi connectivity index (χ0n) is 14.1. The maximum absolute atomic E-state index is 12.5. The fourth-order valence-corrected chi connectivity index (χ4v) is 4.83. The van der Waals surface area contributed by atoms with Gasteiger partial charge in [-0.15, -0.1) is 11.3 Å². The molecule has 1 aliphatic rings. The van der Waals surface area contributed by atoms with E-state index in [1.165, 1.54) is 16.2 Å². The normalized spacial score (nSPS) is 13.3. The zero-order chi connectivity index (χ0) is 18.5. The Labute approximate surface area is 155 Å². The van der Waals surface area contributed by atoms with Crippen LogP contribution in [-0.2, 0) is 19.4 Å². The Kier molecular flexibility index (Phi) is 3.51. The molecule has 5 rings (SSSR count). The number of carbonyl (C=O) groups excluding carboxylic acids is 1. The van der Waals surface area contributed by atoms with Crippen molar-refractivity contribution in [1.29, 1.82) is 0 Å². The fraction of sp³-hybridized carbons (Fsp3) is 0.222. The first-order chi connectivity index (χ1) is 13.1. The molecule has 3 aromatic heterocycles. The lowest BCUT2D eigenvalue weighted by molar-refractivity contribution is 0.0940. The molecule has 3 heterocycles. The maximum Gasteiger partial charge on any atom is 0.323 e. The number of imidazole rings is 1. The highest BCUT2D eigenvalue weighted by Gasteiger charge is 2.22. The second-order valence-corrected chi connectivity index (χ2v) is 7.68. The van der Waals surface area contributed by atoms with Crippen LogP contribution in [0.1, 0.15) is 33.0 Å². The van der Waals surface area contributed by atoms with Crippen LogP contribution in [0.4, 0.5) is 0 Å². The van der Waals surface area contributed by atoms with Gasteiger partial charge in [-0.1, -0.05) is 6.07 Å². The van der Waals surface area contributed by atoms with Crippen LogP contribution < -0.4 is 16.6 Å². The van der Waals surface area contributed by atoms with Gasteiger partial charge in [-0.25, -0.2) is 9.78 Å². The van der Waals surface area contributed by atoms with Gasteiger partial charge in [0.1, 0.15) is 4.83 Å². The molecule has 0 saturated carbocycles. The molecule has 0 radical (unpaired) electrons. The van der Waals surface area contributed by atoms with Crippen LogP contribution in [0.5, 0.6) is 0 Å². The van der Waals surface area contributed by atoms with Crippen LogP contribution in [0.25, 0.3) is 21.3 Å². The van der Waals surface area contributed by atoms with E-state index in [2.05, 4.69) is 25.3 Å². The monoisotopic (exact) mass is 381 g/mol. The van der Waals surface area contributed by atoms with E-state index in [0.717, 1.165) is 30.4 Å². The number of nitrogens with one attached hydrogen (secondary N) is 4. The summed E-state index contributed by atoms with van der Waals surface area (Å²) < 4.78 is 0. The van der Waals surface area contributed by atoms with E-state index in [-0.39, 0.29) is 23.6 Å². The molecule has 0 unspecified atom stereocenters. The van der Waals surface area contributed by atoms with Gasteiger partial charge in [0, 0.05) is 11.4 Å². The average Bonchev–Trinajstić information content (AvgIpc) is 3.31. The van der Waals surface area contributed by atoms with Crippen LogP contribution in [0.3, 0.4) is 0 Å². The number of thiophene rings is 1. The Bertz CT molecular complexity index is 1330. The molecule has 27 heavy (non-hydrogen) atoms. The first kappa shape index (κ1) is 16.0. The van der Waals surface area contributed by atoms with E-state index < -0.39 is 5.91 Å². The summed E-state index contributed by atoms with van der Waals surface area (Å²) in [5.41, 5.74) is 2.76. The Morgan fingerprint density at radius 2 is 2.00 bits per heavy atom. The number of fused-ring (bicyclic) bond motifs is 4. The smallest absolute Gasteiger partial charge is 0.323 e. The highest BCUT2D eigenvalue weighted by atomic mass is 32.1.